The number of methoxy groups -OCH3 is 1. The molecule has 1 aliphatic heterocycles. The molecule has 5 heteroatoms. The Morgan fingerprint density at radius 3 is 2.43 bits per heavy atom. The van der Waals surface area contributed by atoms with Crippen LogP contribution in [-0.2, 0) is 23.7 Å². The standard InChI is InChI=1S/C18H36O5/c1-7-9-10-11-15(14(3)19-6)22-17(20-12-8-2)16-13-21-18(4,5)23-16/h14-17H,7-13H2,1-6H3. The Bertz CT molecular complexity index is 308. The van der Waals surface area contributed by atoms with Gasteiger partial charge >= 0.3 is 0 Å². The van der Waals surface area contributed by atoms with Crippen LogP contribution >= 0.6 is 0 Å². The predicted octanol–water partition coefficient (Wildman–Crippen LogP) is 3.89. The van der Waals surface area contributed by atoms with E-state index in [0.29, 0.717) is 13.2 Å². The van der Waals surface area contributed by atoms with Crippen LogP contribution in [-0.4, -0.2) is 50.7 Å². The molecule has 23 heavy (non-hydrogen) atoms. The minimum atomic E-state index is -0.577. The zero-order chi connectivity index (χ0) is 17.3. The van der Waals surface area contributed by atoms with Crippen LogP contribution in [0.15, 0.2) is 0 Å². The zero-order valence-corrected chi connectivity index (χ0v) is 15.8. The molecular formula is C18H36O5. The molecule has 0 aromatic heterocycles. The molecule has 0 aromatic carbocycles. The maximum Gasteiger partial charge on any atom is 0.186 e. The van der Waals surface area contributed by atoms with Gasteiger partial charge in [0.2, 0.25) is 0 Å². The average Bonchev–Trinajstić information content (AvgIpc) is 2.89. The highest BCUT2D eigenvalue weighted by Crippen LogP contribution is 2.27. The molecule has 138 valence electrons. The van der Waals surface area contributed by atoms with E-state index in [1.54, 1.807) is 7.11 Å². The summed E-state index contributed by atoms with van der Waals surface area (Å²) in [4.78, 5) is 0. The van der Waals surface area contributed by atoms with Gasteiger partial charge in [0, 0.05) is 13.7 Å². The maximum atomic E-state index is 6.28. The van der Waals surface area contributed by atoms with E-state index in [4.69, 9.17) is 23.7 Å². The second-order valence-corrected chi connectivity index (χ2v) is 6.72. The van der Waals surface area contributed by atoms with Gasteiger partial charge in [-0.25, -0.2) is 0 Å². The largest absolute Gasteiger partial charge is 0.379 e. The Balaban J connectivity index is 2.66. The Morgan fingerprint density at radius 2 is 1.91 bits per heavy atom. The first-order valence-corrected chi connectivity index (χ1v) is 9.05. The minimum absolute atomic E-state index is 0.000665. The fraction of sp³-hybridized carbons (Fsp3) is 1.00. The van der Waals surface area contributed by atoms with Gasteiger partial charge in [-0.3, -0.25) is 0 Å². The van der Waals surface area contributed by atoms with E-state index in [1.165, 1.54) is 12.8 Å². The third kappa shape index (κ3) is 7.48. The molecule has 5 nitrogen and oxygen atoms in total. The molecule has 0 N–H and O–H groups in total. The highest BCUT2D eigenvalue weighted by molar-refractivity contribution is 4.77. The maximum absolute atomic E-state index is 6.28. The van der Waals surface area contributed by atoms with Crippen molar-refractivity contribution in [1.82, 2.24) is 0 Å². The normalized spacial score (nSPS) is 24.5. The van der Waals surface area contributed by atoms with Crippen molar-refractivity contribution in [3.8, 4) is 0 Å². The first-order chi connectivity index (χ1) is 10.9. The number of ether oxygens (including phenoxy) is 5. The van der Waals surface area contributed by atoms with E-state index in [2.05, 4.69) is 13.8 Å². The molecule has 0 aliphatic carbocycles. The first kappa shape index (κ1) is 20.8. The molecule has 1 aliphatic rings. The summed E-state index contributed by atoms with van der Waals surface area (Å²) in [6.45, 7) is 11.3. The van der Waals surface area contributed by atoms with Crippen molar-refractivity contribution in [2.24, 2.45) is 0 Å². The van der Waals surface area contributed by atoms with Crippen LogP contribution in [0.4, 0.5) is 0 Å². The summed E-state index contributed by atoms with van der Waals surface area (Å²) < 4.78 is 29.3. The summed E-state index contributed by atoms with van der Waals surface area (Å²) >= 11 is 0. The van der Waals surface area contributed by atoms with E-state index in [1.807, 2.05) is 20.8 Å². The van der Waals surface area contributed by atoms with Crippen LogP contribution in [0.5, 0.6) is 0 Å². The summed E-state index contributed by atoms with van der Waals surface area (Å²) in [5.74, 6) is -0.577. The van der Waals surface area contributed by atoms with Crippen LogP contribution in [0.25, 0.3) is 0 Å². The SMILES string of the molecule is CCCCCC(OC(OCCC)C1COC(C)(C)O1)C(C)OC. The van der Waals surface area contributed by atoms with Crippen molar-refractivity contribution in [3.63, 3.8) is 0 Å². The van der Waals surface area contributed by atoms with Crippen LogP contribution in [0.3, 0.4) is 0 Å². The van der Waals surface area contributed by atoms with Gasteiger partial charge in [0.15, 0.2) is 12.1 Å². The van der Waals surface area contributed by atoms with Crippen molar-refractivity contribution >= 4 is 0 Å². The monoisotopic (exact) mass is 332 g/mol. The summed E-state index contributed by atoms with van der Waals surface area (Å²) in [6, 6.07) is 0. The molecular weight excluding hydrogens is 296 g/mol. The first-order valence-electron chi connectivity index (χ1n) is 9.05. The number of hydrogen-bond acceptors (Lipinski definition) is 5. The van der Waals surface area contributed by atoms with Gasteiger partial charge in [-0.1, -0.05) is 33.1 Å². The third-order valence-corrected chi connectivity index (χ3v) is 4.12. The van der Waals surface area contributed by atoms with Crippen LogP contribution in [0, 0.1) is 0 Å². The summed E-state index contributed by atoms with van der Waals surface area (Å²) in [7, 11) is 1.72. The van der Waals surface area contributed by atoms with E-state index in [0.717, 1.165) is 19.3 Å². The van der Waals surface area contributed by atoms with Crippen molar-refractivity contribution in [2.75, 3.05) is 20.3 Å². The minimum Gasteiger partial charge on any atom is -0.379 e. The second-order valence-electron chi connectivity index (χ2n) is 6.72. The molecule has 0 saturated carbocycles. The van der Waals surface area contributed by atoms with Gasteiger partial charge in [0.1, 0.15) is 6.10 Å². The lowest BCUT2D eigenvalue weighted by Crippen LogP contribution is -2.41. The smallest absolute Gasteiger partial charge is 0.186 e. The second kappa shape index (κ2) is 10.6. The molecule has 0 amide bonds. The highest BCUT2D eigenvalue weighted by Gasteiger charge is 2.40. The van der Waals surface area contributed by atoms with Crippen molar-refractivity contribution in [1.29, 1.82) is 0 Å². The Morgan fingerprint density at radius 1 is 1.17 bits per heavy atom. The Kier molecular flexibility index (Phi) is 9.63. The molecule has 0 spiro atoms. The number of hydrogen-bond donors (Lipinski definition) is 0. The lowest BCUT2D eigenvalue weighted by Gasteiger charge is -2.31. The quantitative estimate of drug-likeness (QED) is 0.401. The van der Waals surface area contributed by atoms with Gasteiger partial charge in [-0.2, -0.15) is 0 Å². The topological polar surface area (TPSA) is 46.2 Å². The molecule has 1 rings (SSSR count). The fourth-order valence-electron chi connectivity index (χ4n) is 2.65. The average molecular weight is 332 g/mol. The van der Waals surface area contributed by atoms with E-state index in [9.17, 15) is 0 Å². The van der Waals surface area contributed by atoms with Gasteiger partial charge in [0.05, 0.1) is 18.8 Å². The van der Waals surface area contributed by atoms with Crippen molar-refractivity contribution < 1.29 is 23.7 Å². The molecule has 1 saturated heterocycles. The molecule has 0 bridgehead atoms. The lowest BCUT2D eigenvalue weighted by molar-refractivity contribution is -0.247. The summed E-state index contributed by atoms with van der Waals surface area (Å²) in [6.07, 6.45) is 4.84. The summed E-state index contributed by atoms with van der Waals surface area (Å²) in [5, 5.41) is 0. The van der Waals surface area contributed by atoms with Crippen LogP contribution < -0.4 is 0 Å². The van der Waals surface area contributed by atoms with Crippen molar-refractivity contribution in [3.05, 3.63) is 0 Å². The molecule has 4 atom stereocenters. The summed E-state index contributed by atoms with van der Waals surface area (Å²) in [5.41, 5.74) is 0. The Hall–Kier alpha value is -0.200. The fourth-order valence-corrected chi connectivity index (χ4v) is 2.65. The van der Waals surface area contributed by atoms with E-state index >= 15 is 0 Å². The Labute approximate surface area is 142 Å². The third-order valence-electron chi connectivity index (χ3n) is 4.12. The van der Waals surface area contributed by atoms with Gasteiger partial charge in [-0.15, -0.1) is 0 Å². The predicted molar refractivity (Wildman–Crippen MR) is 90.4 cm³/mol. The van der Waals surface area contributed by atoms with Gasteiger partial charge in [0.25, 0.3) is 0 Å². The lowest BCUT2D eigenvalue weighted by atomic mass is 10.1. The molecule has 0 radical (unpaired) electrons. The molecule has 0 aromatic rings. The molecule has 4 unspecified atom stereocenters. The van der Waals surface area contributed by atoms with Gasteiger partial charge < -0.3 is 23.7 Å². The van der Waals surface area contributed by atoms with E-state index < -0.39 is 12.1 Å². The van der Waals surface area contributed by atoms with Crippen molar-refractivity contribution in [2.45, 2.75) is 97.1 Å². The number of rotatable bonds is 12. The van der Waals surface area contributed by atoms with Gasteiger partial charge in [-0.05, 0) is 33.6 Å². The zero-order valence-electron chi connectivity index (χ0n) is 15.8. The molecule has 1 heterocycles. The highest BCUT2D eigenvalue weighted by atomic mass is 16.8. The van der Waals surface area contributed by atoms with Crippen LogP contribution in [0.2, 0.25) is 0 Å². The van der Waals surface area contributed by atoms with E-state index in [-0.39, 0.29) is 18.3 Å². The molecule has 1 fully saturated rings. The number of unbranched alkanes of at least 4 members (excludes halogenated alkanes) is 2. The van der Waals surface area contributed by atoms with Crippen LogP contribution in [0.1, 0.15) is 66.7 Å².